The molecule has 2 atom stereocenters. The van der Waals surface area contributed by atoms with Gasteiger partial charge in [0.25, 0.3) is 0 Å². The van der Waals surface area contributed by atoms with Gasteiger partial charge in [-0.1, -0.05) is 59.3 Å². The van der Waals surface area contributed by atoms with Gasteiger partial charge >= 0.3 is 0 Å². The van der Waals surface area contributed by atoms with Gasteiger partial charge in [-0.15, -0.1) is 0 Å². The number of nitrogens with one attached hydrogen (secondary N) is 2. The number of hydrogen-bond acceptors (Lipinski definition) is 4. The van der Waals surface area contributed by atoms with Gasteiger partial charge in [0, 0.05) is 38.3 Å². The van der Waals surface area contributed by atoms with Gasteiger partial charge in [-0.2, -0.15) is 0 Å². The predicted octanol–water partition coefficient (Wildman–Crippen LogP) is 5.98. The van der Waals surface area contributed by atoms with E-state index in [1.54, 1.807) is 0 Å². The van der Waals surface area contributed by atoms with Crippen molar-refractivity contribution in [2.45, 2.75) is 149 Å². The number of nitrogens with zero attached hydrogens (tertiary/aromatic N) is 1. The van der Waals surface area contributed by atoms with Crippen molar-refractivity contribution >= 4 is 11.8 Å². The van der Waals surface area contributed by atoms with Gasteiger partial charge in [0.2, 0.25) is 11.8 Å². The minimum Gasteiger partial charge on any atom is -0.381 e. The summed E-state index contributed by atoms with van der Waals surface area (Å²) >= 11 is 0. The fraction of sp³-hybridized carbons (Fsp3) is 0.933. The zero-order valence-corrected chi connectivity index (χ0v) is 24.0. The number of ether oxygens (including phenoxy) is 1. The second-order valence-corrected chi connectivity index (χ2v) is 12.4. The van der Waals surface area contributed by atoms with Gasteiger partial charge < -0.3 is 20.3 Å². The van der Waals surface area contributed by atoms with Crippen LogP contribution >= 0.6 is 0 Å². The van der Waals surface area contributed by atoms with Crippen LogP contribution in [0.2, 0.25) is 0 Å². The Kier molecular flexibility index (Phi) is 15.0. The summed E-state index contributed by atoms with van der Waals surface area (Å²) in [6.45, 7) is 12.1. The lowest BCUT2D eigenvalue weighted by molar-refractivity contribution is -0.136. The quantitative estimate of drug-likeness (QED) is 0.224. The summed E-state index contributed by atoms with van der Waals surface area (Å²) < 4.78 is 5.82. The molecule has 2 N–H and O–H groups in total. The first kappa shape index (κ1) is 31.1. The second kappa shape index (κ2) is 17.4. The maximum atomic E-state index is 13.1. The van der Waals surface area contributed by atoms with E-state index in [2.05, 4.69) is 43.2 Å². The Morgan fingerprint density at radius 3 is 2.08 bits per heavy atom. The van der Waals surface area contributed by atoms with E-state index in [4.69, 9.17) is 4.74 Å². The van der Waals surface area contributed by atoms with Gasteiger partial charge in [-0.25, -0.2) is 0 Å². The van der Waals surface area contributed by atoms with Crippen molar-refractivity contribution in [2.24, 2.45) is 5.41 Å². The van der Waals surface area contributed by atoms with Crippen molar-refractivity contribution in [3.05, 3.63) is 0 Å². The van der Waals surface area contributed by atoms with Crippen molar-refractivity contribution in [1.29, 1.82) is 0 Å². The molecular formula is C30H57N3O3. The fourth-order valence-electron chi connectivity index (χ4n) is 5.61. The zero-order chi connectivity index (χ0) is 26.2. The third-order valence-electron chi connectivity index (χ3n) is 7.93. The molecule has 2 rings (SSSR count). The van der Waals surface area contributed by atoms with Crippen LogP contribution in [-0.4, -0.2) is 61.1 Å². The summed E-state index contributed by atoms with van der Waals surface area (Å²) in [5, 5.41) is 6.74. The van der Waals surface area contributed by atoms with Crippen LogP contribution in [0.3, 0.4) is 0 Å². The normalized spacial score (nSPS) is 19.7. The topological polar surface area (TPSA) is 70.7 Å². The monoisotopic (exact) mass is 507 g/mol. The van der Waals surface area contributed by atoms with E-state index < -0.39 is 0 Å². The van der Waals surface area contributed by atoms with Crippen LogP contribution in [-0.2, 0) is 14.3 Å². The summed E-state index contributed by atoms with van der Waals surface area (Å²) in [5.74, 6) is 0.533. The second-order valence-electron chi connectivity index (χ2n) is 12.4. The third-order valence-corrected chi connectivity index (χ3v) is 7.93. The highest BCUT2D eigenvalue weighted by Crippen LogP contribution is 2.25. The maximum absolute atomic E-state index is 13.1. The molecule has 36 heavy (non-hydrogen) atoms. The molecule has 0 bridgehead atoms. The minimum absolute atomic E-state index is 0.0772. The van der Waals surface area contributed by atoms with Crippen LogP contribution in [0, 0.1) is 5.41 Å². The molecule has 2 unspecified atom stereocenters. The number of rotatable bonds is 18. The molecule has 1 aliphatic heterocycles. The lowest BCUT2D eigenvalue weighted by atomic mass is 9.85. The van der Waals surface area contributed by atoms with Crippen LogP contribution in [0.1, 0.15) is 130 Å². The maximum Gasteiger partial charge on any atom is 0.240 e. The first-order valence-electron chi connectivity index (χ1n) is 15.2. The summed E-state index contributed by atoms with van der Waals surface area (Å²) in [7, 11) is 0. The highest BCUT2D eigenvalue weighted by Gasteiger charge is 2.36. The molecule has 1 heterocycles. The largest absolute Gasteiger partial charge is 0.381 e. The molecule has 210 valence electrons. The molecule has 2 amide bonds. The average molecular weight is 508 g/mol. The van der Waals surface area contributed by atoms with E-state index in [9.17, 15) is 9.59 Å². The molecule has 0 aromatic heterocycles. The number of carbonyl (C=O) groups is 2. The lowest BCUT2D eigenvalue weighted by Crippen LogP contribution is -2.54. The predicted molar refractivity (Wildman–Crippen MR) is 149 cm³/mol. The van der Waals surface area contributed by atoms with Crippen LogP contribution in [0.4, 0.5) is 0 Å². The van der Waals surface area contributed by atoms with E-state index in [1.165, 1.54) is 44.9 Å². The highest BCUT2D eigenvalue weighted by molar-refractivity contribution is 5.83. The van der Waals surface area contributed by atoms with Gasteiger partial charge in [-0.05, 0) is 76.7 Å². The molecule has 1 saturated heterocycles. The average Bonchev–Trinajstić information content (AvgIpc) is 3.49. The van der Waals surface area contributed by atoms with E-state index in [1.807, 2.05) is 0 Å². The number of hydrogen-bond donors (Lipinski definition) is 2. The Hall–Kier alpha value is -1.14. The smallest absolute Gasteiger partial charge is 0.240 e. The molecule has 1 saturated carbocycles. The van der Waals surface area contributed by atoms with Crippen molar-refractivity contribution in [3.63, 3.8) is 0 Å². The molecule has 0 radical (unpaired) electrons. The van der Waals surface area contributed by atoms with E-state index in [0.717, 1.165) is 77.7 Å². The zero-order valence-electron chi connectivity index (χ0n) is 24.0. The number of carbonyl (C=O) groups excluding carboxylic acids is 2. The Balaban J connectivity index is 1.37. The first-order valence-corrected chi connectivity index (χ1v) is 15.2. The fourth-order valence-corrected chi connectivity index (χ4v) is 5.61. The molecule has 0 aromatic rings. The summed E-state index contributed by atoms with van der Waals surface area (Å²) in [4.78, 5) is 27.1. The van der Waals surface area contributed by atoms with Crippen LogP contribution in [0.25, 0.3) is 0 Å². The summed E-state index contributed by atoms with van der Waals surface area (Å²) in [6.07, 6.45) is 18.1. The molecule has 6 heteroatoms. The van der Waals surface area contributed by atoms with Crippen molar-refractivity contribution < 1.29 is 14.3 Å². The molecular weight excluding hydrogens is 450 g/mol. The molecule has 0 aromatic carbocycles. The summed E-state index contributed by atoms with van der Waals surface area (Å²) in [6, 6.07) is 0.721. The van der Waals surface area contributed by atoms with E-state index in [0.29, 0.717) is 18.5 Å². The third kappa shape index (κ3) is 12.4. The molecule has 2 aliphatic rings. The lowest BCUT2D eigenvalue weighted by Gasteiger charge is -2.35. The van der Waals surface area contributed by atoms with Crippen molar-refractivity contribution in [1.82, 2.24) is 15.5 Å². The molecule has 6 nitrogen and oxygen atoms in total. The Morgan fingerprint density at radius 1 is 0.861 bits per heavy atom. The van der Waals surface area contributed by atoms with Crippen LogP contribution in [0.5, 0.6) is 0 Å². The van der Waals surface area contributed by atoms with Gasteiger partial charge in [0.15, 0.2) is 0 Å². The van der Waals surface area contributed by atoms with Gasteiger partial charge in [0.05, 0.1) is 6.04 Å². The Bertz CT molecular complexity index is 613. The van der Waals surface area contributed by atoms with Crippen molar-refractivity contribution in [2.75, 3.05) is 26.3 Å². The number of unbranched alkanes of at least 4 members (excludes halogenated alkanes) is 7. The number of likely N-dealkylation sites (tertiary alicyclic amines) is 1. The van der Waals surface area contributed by atoms with E-state index >= 15 is 0 Å². The SMILES string of the molecule is CC1CCCN1C(=O)C(NCCCCCOCCCCCCCCC(=O)NC1CCCC1)C(C)(C)C. The van der Waals surface area contributed by atoms with Crippen LogP contribution < -0.4 is 10.6 Å². The minimum atomic E-state index is -0.108. The van der Waals surface area contributed by atoms with E-state index in [-0.39, 0.29) is 23.3 Å². The molecule has 0 spiro atoms. The van der Waals surface area contributed by atoms with Gasteiger partial charge in [0.1, 0.15) is 0 Å². The van der Waals surface area contributed by atoms with Crippen LogP contribution in [0.15, 0.2) is 0 Å². The molecule has 2 fully saturated rings. The Labute approximate surface area is 222 Å². The molecule has 1 aliphatic carbocycles. The number of amides is 2. The standard InChI is InChI=1S/C30H57N3O3/c1-25-17-16-22-33(25)29(35)28(30(2,3)4)31-21-13-9-15-24-36-23-14-8-6-5-7-10-20-27(34)32-26-18-11-12-19-26/h25-26,28,31H,5-24H2,1-4H3,(H,32,34). The summed E-state index contributed by atoms with van der Waals surface area (Å²) in [5.41, 5.74) is -0.0772. The van der Waals surface area contributed by atoms with Crippen molar-refractivity contribution in [3.8, 4) is 0 Å². The Morgan fingerprint density at radius 2 is 1.47 bits per heavy atom. The van der Waals surface area contributed by atoms with Gasteiger partial charge in [-0.3, -0.25) is 9.59 Å². The highest BCUT2D eigenvalue weighted by atomic mass is 16.5. The first-order chi connectivity index (χ1) is 17.3.